The maximum absolute atomic E-state index is 12.3. The summed E-state index contributed by atoms with van der Waals surface area (Å²) in [5, 5.41) is 0. The molecule has 5 nitrogen and oxygen atoms in total. The third-order valence-electron chi connectivity index (χ3n) is 4.34. The third-order valence-corrected chi connectivity index (χ3v) is 5.68. The van der Waals surface area contributed by atoms with E-state index in [1.54, 1.807) is 0 Å². The molecule has 1 saturated heterocycles. The molecule has 0 bridgehead atoms. The van der Waals surface area contributed by atoms with Gasteiger partial charge in [0.2, 0.25) is 15.9 Å². The topological polar surface area (TPSA) is 57.7 Å². The summed E-state index contributed by atoms with van der Waals surface area (Å²) < 4.78 is 25.0. The Morgan fingerprint density at radius 1 is 1.25 bits per heavy atom. The molecule has 0 aromatic rings. The van der Waals surface area contributed by atoms with Crippen molar-refractivity contribution in [3.8, 4) is 0 Å². The van der Waals surface area contributed by atoms with Crippen molar-refractivity contribution in [1.82, 2.24) is 9.21 Å². The molecular weight excluding hydrogens is 276 g/mol. The molecule has 20 heavy (non-hydrogen) atoms. The summed E-state index contributed by atoms with van der Waals surface area (Å²) in [6.07, 6.45) is 7.77. The van der Waals surface area contributed by atoms with Crippen LogP contribution in [0.2, 0.25) is 0 Å². The fourth-order valence-electron chi connectivity index (χ4n) is 3.08. The molecule has 2 rings (SSSR count). The molecule has 1 saturated carbocycles. The van der Waals surface area contributed by atoms with Crippen LogP contribution in [-0.2, 0) is 14.8 Å². The second-order valence-electron chi connectivity index (χ2n) is 6.00. The minimum absolute atomic E-state index is 0.117. The van der Waals surface area contributed by atoms with Crippen LogP contribution in [0.1, 0.15) is 51.9 Å². The van der Waals surface area contributed by atoms with E-state index in [9.17, 15) is 13.2 Å². The molecule has 1 aliphatic carbocycles. The number of hydrogen-bond acceptors (Lipinski definition) is 3. The van der Waals surface area contributed by atoms with E-state index in [4.69, 9.17) is 0 Å². The lowest BCUT2D eigenvalue weighted by molar-refractivity contribution is -0.135. The largest absolute Gasteiger partial charge is 0.340 e. The van der Waals surface area contributed by atoms with Gasteiger partial charge in [0.25, 0.3) is 0 Å². The first-order chi connectivity index (χ1) is 9.43. The Morgan fingerprint density at radius 2 is 1.95 bits per heavy atom. The predicted octanol–water partition coefficient (Wildman–Crippen LogP) is 1.59. The zero-order valence-electron chi connectivity index (χ0n) is 12.5. The summed E-state index contributed by atoms with van der Waals surface area (Å²) in [5.74, 6) is 0.117. The predicted molar refractivity (Wildman–Crippen MR) is 78.8 cm³/mol. The van der Waals surface area contributed by atoms with Crippen LogP contribution < -0.4 is 0 Å². The third kappa shape index (κ3) is 3.95. The number of rotatable bonds is 6. The molecule has 1 aliphatic heterocycles. The molecule has 1 unspecified atom stereocenters. The highest BCUT2D eigenvalue weighted by atomic mass is 32.2. The molecule has 1 heterocycles. The molecular formula is C14H26N2O3S. The van der Waals surface area contributed by atoms with Gasteiger partial charge >= 0.3 is 0 Å². The highest BCUT2D eigenvalue weighted by Gasteiger charge is 2.35. The Hall–Kier alpha value is -0.620. The van der Waals surface area contributed by atoms with Gasteiger partial charge in [0.1, 0.15) is 0 Å². The summed E-state index contributed by atoms with van der Waals surface area (Å²) in [6, 6.07) is 0.491. The van der Waals surface area contributed by atoms with Gasteiger partial charge in [-0.15, -0.1) is 0 Å². The fraction of sp³-hybridized carbons (Fsp3) is 0.929. The maximum Gasteiger partial charge on any atom is 0.224 e. The normalized spacial score (nSPS) is 24.1. The van der Waals surface area contributed by atoms with Crippen molar-refractivity contribution in [2.75, 3.05) is 19.3 Å². The lowest BCUT2D eigenvalue weighted by atomic mass is 9.99. The van der Waals surface area contributed by atoms with E-state index in [2.05, 4.69) is 6.92 Å². The first-order valence-corrected chi connectivity index (χ1v) is 9.54. The van der Waals surface area contributed by atoms with Gasteiger partial charge < -0.3 is 4.90 Å². The van der Waals surface area contributed by atoms with Gasteiger partial charge in [0.15, 0.2) is 0 Å². The van der Waals surface area contributed by atoms with Gasteiger partial charge in [0, 0.05) is 31.6 Å². The summed E-state index contributed by atoms with van der Waals surface area (Å²) in [4.78, 5) is 14.3. The fourth-order valence-corrected chi connectivity index (χ4v) is 4.26. The molecule has 0 spiro atoms. The number of piperidine rings is 1. The minimum Gasteiger partial charge on any atom is -0.340 e. The lowest BCUT2D eigenvalue weighted by Gasteiger charge is -2.35. The molecule has 0 aromatic carbocycles. The van der Waals surface area contributed by atoms with Gasteiger partial charge in [-0.25, -0.2) is 8.42 Å². The monoisotopic (exact) mass is 302 g/mol. The van der Waals surface area contributed by atoms with Gasteiger partial charge in [0.05, 0.1) is 6.26 Å². The number of hydrogen-bond donors (Lipinski definition) is 0. The molecule has 1 atom stereocenters. The van der Waals surface area contributed by atoms with Crippen LogP contribution in [0, 0.1) is 0 Å². The van der Waals surface area contributed by atoms with E-state index < -0.39 is 10.0 Å². The van der Waals surface area contributed by atoms with Crippen LogP contribution in [0.4, 0.5) is 0 Å². The summed E-state index contributed by atoms with van der Waals surface area (Å²) in [5.41, 5.74) is 0. The highest BCUT2D eigenvalue weighted by Crippen LogP contribution is 2.29. The van der Waals surface area contributed by atoms with Gasteiger partial charge in [-0.05, 0) is 38.5 Å². The first kappa shape index (κ1) is 15.8. The number of nitrogens with zero attached hydrogens (tertiary/aromatic N) is 2. The van der Waals surface area contributed by atoms with Crippen molar-refractivity contribution in [3.05, 3.63) is 0 Å². The molecule has 0 aromatic heterocycles. The van der Waals surface area contributed by atoms with Crippen molar-refractivity contribution in [2.45, 2.75) is 64.0 Å². The van der Waals surface area contributed by atoms with Crippen LogP contribution in [0.15, 0.2) is 0 Å². The zero-order chi connectivity index (χ0) is 14.8. The van der Waals surface area contributed by atoms with Crippen molar-refractivity contribution < 1.29 is 13.2 Å². The van der Waals surface area contributed by atoms with E-state index in [0.717, 1.165) is 38.6 Å². The van der Waals surface area contributed by atoms with E-state index in [1.165, 1.54) is 17.0 Å². The van der Waals surface area contributed by atoms with Crippen molar-refractivity contribution in [3.63, 3.8) is 0 Å². The van der Waals surface area contributed by atoms with E-state index >= 15 is 0 Å². The van der Waals surface area contributed by atoms with Crippen LogP contribution in [0.25, 0.3) is 0 Å². The van der Waals surface area contributed by atoms with Crippen LogP contribution >= 0.6 is 0 Å². The van der Waals surface area contributed by atoms with Crippen LogP contribution in [0.3, 0.4) is 0 Å². The number of carbonyl (C=O) groups is 1. The van der Waals surface area contributed by atoms with E-state index in [1.807, 2.05) is 4.90 Å². The molecule has 0 N–H and O–H groups in total. The SMILES string of the molecule is CCC1CCCCN1C(=O)CCN(C1CC1)S(C)(=O)=O. The van der Waals surface area contributed by atoms with Crippen molar-refractivity contribution in [2.24, 2.45) is 0 Å². The average Bonchev–Trinajstić information content (AvgIpc) is 3.21. The number of amides is 1. The molecule has 2 fully saturated rings. The standard InChI is InChI=1S/C14H26N2O3S/c1-3-12-6-4-5-10-15(12)14(17)9-11-16(13-7-8-13)20(2,18)19/h12-13H,3-11H2,1-2H3. The van der Waals surface area contributed by atoms with Crippen molar-refractivity contribution in [1.29, 1.82) is 0 Å². The van der Waals surface area contributed by atoms with E-state index in [-0.39, 0.29) is 11.9 Å². The zero-order valence-corrected chi connectivity index (χ0v) is 13.4. The Bertz CT molecular complexity index is 445. The number of sulfonamides is 1. The summed E-state index contributed by atoms with van der Waals surface area (Å²) in [7, 11) is -3.18. The minimum atomic E-state index is -3.18. The Morgan fingerprint density at radius 3 is 2.50 bits per heavy atom. The van der Waals surface area contributed by atoms with Gasteiger partial charge in [-0.3, -0.25) is 4.79 Å². The second kappa shape index (κ2) is 6.43. The molecule has 2 aliphatic rings. The average molecular weight is 302 g/mol. The highest BCUT2D eigenvalue weighted by molar-refractivity contribution is 7.88. The second-order valence-corrected chi connectivity index (χ2v) is 7.93. The molecule has 0 radical (unpaired) electrons. The van der Waals surface area contributed by atoms with Gasteiger partial charge in [-0.2, -0.15) is 4.31 Å². The smallest absolute Gasteiger partial charge is 0.224 e. The van der Waals surface area contributed by atoms with Crippen LogP contribution in [-0.4, -0.2) is 55.0 Å². The Labute approximate surface area is 122 Å². The summed E-state index contributed by atoms with van der Waals surface area (Å²) in [6.45, 7) is 3.29. The first-order valence-electron chi connectivity index (χ1n) is 7.69. The molecule has 1 amide bonds. The maximum atomic E-state index is 12.3. The molecule has 116 valence electrons. The quantitative estimate of drug-likeness (QED) is 0.748. The summed E-state index contributed by atoms with van der Waals surface area (Å²) >= 11 is 0. The number of likely N-dealkylation sites (tertiary alicyclic amines) is 1. The van der Waals surface area contributed by atoms with Crippen molar-refractivity contribution >= 4 is 15.9 Å². The van der Waals surface area contributed by atoms with Crippen LogP contribution in [0.5, 0.6) is 0 Å². The van der Waals surface area contributed by atoms with Gasteiger partial charge in [-0.1, -0.05) is 6.92 Å². The Kier molecular flexibility index (Phi) is 5.07. The van der Waals surface area contributed by atoms with E-state index in [0.29, 0.717) is 19.0 Å². The lowest BCUT2D eigenvalue weighted by Crippen LogP contribution is -2.45. The molecule has 6 heteroatoms. The Balaban J connectivity index is 1.90. The number of carbonyl (C=O) groups excluding carboxylic acids is 1.